The van der Waals surface area contributed by atoms with Gasteiger partial charge in [-0.2, -0.15) is 0 Å². The molecule has 2 heterocycles. The Hall–Kier alpha value is -3.60. The van der Waals surface area contributed by atoms with Crippen LogP contribution < -0.4 is 5.32 Å². The molecule has 0 aliphatic heterocycles. The van der Waals surface area contributed by atoms with Gasteiger partial charge in [-0.25, -0.2) is 4.98 Å². The van der Waals surface area contributed by atoms with E-state index in [4.69, 9.17) is 4.98 Å². The molecule has 0 radical (unpaired) electrons. The van der Waals surface area contributed by atoms with Crippen LogP contribution in [0.5, 0.6) is 5.75 Å². The van der Waals surface area contributed by atoms with Crippen molar-refractivity contribution in [1.82, 2.24) is 9.38 Å². The van der Waals surface area contributed by atoms with Gasteiger partial charge in [-0.15, -0.1) is 0 Å². The van der Waals surface area contributed by atoms with Crippen LogP contribution in [0.3, 0.4) is 0 Å². The molecule has 2 aromatic heterocycles. The maximum absolute atomic E-state index is 12.9. The smallest absolute Gasteiger partial charge is 0.230 e. The van der Waals surface area contributed by atoms with Gasteiger partial charge in [0.2, 0.25) is 5.91 Å². The molecule has 0 unspecified atom stereocenters. The summed E-state index contributed by atoms with van der Waals surface area (Å²) in [5.41, 5.74) is 8.27. The number of anilines is 1. The number of phenolic OH excluding ortho intramolecular Hbond substituents is 1. The lowest BCUT2D eigenvalue weighted by Crippen LogP contribution is -2.16. The Labute approximate surface area is 176 Å². The zero-order chi connectivity index (χ0) is 21.4. The molecule has 0 saturated carbocycles. The van der Waals surface area contributed by atoms with Crippen molar-refractivity contribution >= 4 is 17.2 Å². The van der Waals surface area contributed by atoms with E-state index in [9.17, 15) is 9.90 Å². The number of benzene rings is 2. The number of aromatic nitrogens is 2. The Bertz CT molecular complexity index is 1270. The van der Waals surface area contributed by atoms with Gasteiger partial charge in [-0.1, -0.05) is 24.3 Å². The second-order valence-corrected chi connectivity index (χ2v) is 7.84. The maximum Gasteiger partial charge on any atom is 0.230 e. The third-order valence-corrected chi connectivity index (χ3v) is 5.48. The highest BCUT2D eigenvalue weighted by Gasteiger charge is 2.19. The Morgan fingerprint density at radius 3 is 2.57 bits per heavy atom. The lowest BCUT2D eigenvalue weighted by Gasteiger charge is -2.10. The van der Waals surface area contributed by atoms with Gasteiger partial charge >= 0.3 is 0 Å². The third kappa shape index (κ3) is 3.66. The second kappa shape index (κ2) is 7.67. The van der Waals surface area contributed by atoms with E-state index < -0.39 is 0 Å². The number of nitrogens with zero attached hydrogens (tertiary/aromatic N) is 2. The summed E-state index contributed by atoms with van der Waals surface area (Å²) in [4.78, 5) is 17.8. The fourth-order valence-corrected chi connectivity index (χ4v) is 3.64. The summed E-state index contributed by atoms with van der Waals surface area (Å²) >= 11 is 0. The largest absolute Gasteiger partial charge is 0.506 e. The number of rotatable bonds is 4. The standard InChI is InChI=1S/C25H25N3O2/c1-15-7-10-22(29)20(12-15)26-23(30)14-21-24(19-9-8-16(2)18(4)13-19)27-25-17(3)6-5-11-28(21)25/h5-13,29H,14H2,1-4H3,(H,26,30). The predicted molar refractivity (Wildman–Crippen MR) is 120 cm³/mol. The highest BCUT2D eigenvalue weighted by Crippen LogP contribution is 2.29. The van der Waals surface area contributed by atoms with Gasteiger partial charge in [0, 0.05) is 11.8 Å². The molecule has 30 heavy (non-hydrogen) atoms. The molecule has 0 aliphatic rings. The Morgan fingerprint density at radius 2 is 1.80 bits per heavy atom. The fourth-order valence-electron chi connectivity index (χ4n) is 3.64. The topological polar surface area (TPSA) is 66.6 Å². The predicted octanol–water partition coefficient (Wildman–Crippen LogP) is 5.12. The molecule has 0 fully saturated rings. The highest BCUT2D eigenvalue weighted by molar-refractivity contribution is 5.94. The summed E-state index contributed by atoms with van der Waals surface area (Å²) in [6, 6.07) is 15.4. The van der Waals surface area contributed by atoms with Crippen LogP contribution in [0.25, 0.3) is 16.9 Å². The quantitative estimate of drug-likeness (QED) is 0.468. The summed E-state index contributed by atoms with van der Waals surface area (Å²) in [6.07, 6.45) is 2.08. The zero-order valence-corrected chi connectivity index (χ0v) is 17.7. The van der Waals surface area contributed by atoms with Crippen molar-refractivity contribution in [2.24, 2.45) is 0 Å². The molecule has 4 rings (SSSR count). The summed E-state index contributed by atoms with van der Waals surface area (Å²) in [6.45, 7) is 8.09. The summed E-state index contributed by atoms with van der Waals surface area (Å²) in [5.74, 6) is -0.151. The monoisotopic (exact) mass is 399 g/mol. The van der Waals surface area contributed by atoms with E-state index in [1.54, 1.807) is 18.2 Å². The second-order valence-electron chi connectivity index (χ2n) is 7.84. The number of fused-ring (bicyclic) bond motifs is 1. The first kappa shape index (κ1) is 19.7. The van der Waals surface area contributed by atoms with Crippen molar-refractivity contribution in [3.8, 4) is 17.0 Å². The van der Waals surface area contributed by atoms with Crippen LogP contribution in [0.1, 0.15) is 27.9 Å². The van der Waals surface area contributed by atoms with Crippen molar-refractivity contribution in [2.75, 3.05) is 5.32 Å². The van der Waals surface area contributed by atoms with Crippen molar-refractivity contribution in [3.05, 3.63) is 82.7 Å². The number of aromatic hydroxyl groups is 1. The fraction of sp³-hybridized carbons (Fsp3) is 0.200. The van der Waals surface area contributed by atoms with Gasteiger partial charge in [0.1, 0.15) is 11.4 Å². The number of aryl methyl sites for hydroxylation is 4. The molecule has 5 heteroatoms. The minimum Gasteiger partial charge on any atom is -0.506 e. The molecule has 2 N–H and O–H groups in total. The minimum absolute atomic E-state index is 0.0531. The molecule has 0 spiro atoms. The van der Waals surface area contributed by atoms with Gasteiger partial charge in [-0.3, -0.25) is 4.79 Å². The van der Waals surface area contributed by atoms with Crippen LogP contribution in [0.2, 0.25) is 0 Å². The van der Waals surface area contributed by atoms with E-state index in [0.717, 1.165) is 33.7 Å². The van der Waals surface area contributed by atoms with Gasteiger partial charge < -0.3 is 14.8 Å². The normalized spacial score (nSPS) is 11.1. The van der Waals surface area contributed by atoms with Crippen LogP contribution in [0.15, 0.2) is 54.7 Å². The Kier molecular flexibility index (Phi) is 5.04. The van der Waals surface area contributed by atoms with E-state index in [0.29, 0.717) is 5.69 Å². The van der Waals surface area contributed by atoms with E-state index >= 15 is 0 Å². The first-order valence-corrected chi connectivity index (χ1v) is 9.97. The van der Waals surface area contributed by atoms with Crippen LogP contribution in [0.4, 0.5) is 5.69 Å². The number of pyridine rings is 1. The first-order valence-electron chi connectivity index (χ1n) is 9.97. The summed E-state index contributed by atoms with van der Waals surface area (Å²) in [5, 5.41) is 12.9. The lowest BCUT2D eigenvalue weighted by atomic mass is 10.0. The van der Waals surface area contributed by atoms with E-state index in [1.165, 1.54) is 11.1 Å². The number of hydrogen-bond acceptors (Lipinski definition) is 3. The van der Waals surface area contributed by atoms with Crippen LogP contribution in [0, 0.1) is 27.7 Å². The molecular weight excluding hydrogens is 374 g/mol. The van der Waals surface area contributed by atoms with Crippen molar-refractivity contribution < 1.29 is 9.90 Å². The average Bonchev–Trinajstić information content (AvgIpc) is 3.07. The number of carbonyl (C=O) groups excluding carboxylic acids is 1. The molecule has 0 bridgehead atoms. The first-order chi connectivity index (χ1) is 14.3. The number of nitrogens with one attached hydrogen (secondary N) is 1. The van der Waals surface area contributed by atoms with E-state index in [1.807, 2.05) is 42.6 Å². The van der Waals surface area contributed by atoms with Gasteiger partial charge in [-0.05, 0) is 74.2 Å². The van der Waals surface area contributed by atoms with Crippen LogP contribution in [-0.4, -0.2) is 20.4 Å². The molecule has 0 aliphatic carbocycles. The van der Waals surface area contributed by atoms with E-state index in [2.05, 4.69) is 31.3 Å². The van der Waals surface area contributed by atoms with Crippen molar-refractivity contribution in [2.45, 2.75) is 34.1 Å². The SMILES string of the molecule is Cc1ccc(O)c(NC(=O)Cc2c(-c3ccc(C)c(C)c3)nc3c(C)cccn23)c1. The van der Waals surface area contributed by atoms with Crippen LogP contribution in [-0.2, 0) is 11.2 Å². The molecule has 4 aromatic rings. The maximum atomic E-state index is 12.9. The van der Waals surface area contributed by atoms with Crippen LogP contribution >= 0.6 is 0 Å². The summed E-state index contributed by atoms with van der Waals surface area (Å²) in [7, 11) is 0. The number of carbonyl (C=O) groups is 1. The third-order valence-electron chi connectivity index (χ3n) is 5.48. The van der Waals surface area contributed by atoms with E-state index in [-0.39, 0.29) is 18.1 Å². The molecule has 152 valence electrons. The molecule has 5 nitrogen and oxygen atoms in total. The van der Waals surface area contributed by atoms with Gasteiger partial charge in [0.05, 0.1) is 23.5 Å². The number of amides is 1. The molecule has 0 saturated heterocycles. The number of imidazole rings is 1. The molecule has 2 aromatic carbocycles. The molecular formula is C25H25N3O2. The Morgan fingerprint density at radius 1 is 1.00 bits per heavy atom. The minimum atomic E-state index is -0.204. The van der Waals surface area contributed by atoms with Crippen molar-refractivity contribution in [3.63, 3.8) is 0 Å². The highest BCUT2D eigenvalue weighted by atomic mass is 16.3. The molecule has 1 amide bonds. The van der Waals surface area contributed by atoms with Gasteiger partial charge in [0.25, 0.3) is 0 Å². The molecule has 0 atom stereocenters. The average molecular weight is 399 g/mol. The van der Waals surface area contributed by atoms with Gasteiger partial charge in [0.15, 0.2) is 0 Å². The van der Waals surface area contributed by atoms with Crippen molar-refractivity contribution in [1.29, 1.82) is 0 Å². The Balaban J connectivity index is 1.77. The lowest BCUT2D eigenvalue weighted by molar-refractivity contribution is -0.115. The summed E-state index contributed by atoms with van der Waals surface area (Å²) < 4.78 is 1.98. The number of hydrogen-bond donors (Lipinski definition) is 2. The zero-order valence-electron chi connectivity index (χ0n) is 17.7. The number of phenols is 1.